The van der Waals surface area contributed by atoms with E-state index in [1.54, 1.807) is 11.8 Å². The van der Waals surface area contributed by atoms with Crippen LogP contribution in [0.3, 0.4) is 0 Å². The van der Waals surface area contributed by atoms with Crippen LogP contribution in [0, 0.1) is 0 Å². The van der Waals surface area contributed by atoms with Gasteiger partial charge in [0, 0.05) is 30.7 Å². The first-order valence-electron chi connectivity index (χ1n) is 13.7. The van der Waals surface area contributed by atoms with E-state index in [0.717, 1.165) is 33.5 Å². The number of carbonyl (C=O) groups excluding carboxylic acids is 2. The van der Waals surface area contributed by atoms with Crippen molar-refractivity contribution in [2.45, 2.75) is 70.8 Å². The minimum Gasteiger partial charge on any atom is -0.392 e. The number of benzene rings is 3. The van der Waals surface area contributed by atoms with Crippen LogP contribution in [0.4, 0.5) is 5.69 Å². The summed E-state index contributed by atoms with van der Waals surface area (Å²) in [6.45, 7) is 6.80. The molecule has 3 aromatic rings. The van der Waals surface area contributed by atoms with Gasteiger partial charge < -0.3 is 26.4 Å². The number of nitrogens with one attached hydrogen (secondary N) is 2. The maximum absolute atomic E-state index is 13.8. The third-order valence-corrected chi connectivity index (χ3v) is 7.21. The summed E-state index contributed by atoms with van der Waals surface area (Å²) < 4.78 is 0. The monoisotopic (exact) mass is 528 g/mol. The number of aliphatic hydroxyl groups excluding tert-OH is 1. The molecule has 0 saturated heterocycles. The number of hydrogen-bond acceptors (Lipinski definition) is 5. The quantitative estimate of drug-likeness (QED) is 0.319. The summed E-state index contributed by atoms with van der Waals surface area (Å²) in [5.41, 5.74) is 11.7. The normalized spacial score (nSPS) is 16.4. The number of hydrogen-bond donors (Lipinski definition) is 4. The lowest BCUT2D eigenvalue weighted by Gasteiger charge is -2.29. The van der Waals surface area contributed by atoms with Crippen molar-refractivity contribution < 1.29 is 14.7 Å². The Morgan fingerprint density at radius 1 is 1.08 bits per heavy atom. The second kappa shape index (κ2) is 12.6. The number of carbonyl (C=O) groups is 2. The summed E-state index contributed by atoms with van der Waals surface area (Å²) in [5.74, 6) is -0.300. The second-order valence-electron chi connectivity index (χ2n) is 11.1. The van der Waals surface area contributed by atoms with E-state index in [4.69, 9.17) is 5.73 Å². The van der Waals surface area contributed by atoms with Gasteiger partial charge in [-0.2, -0.15) is 0 Å². The summed E-state index contributed by atoms with van der Waals surface area (Å²) in [6.07, 6.45) is 0.922. The van der Waals surface area contributed by atoms with Crippen molar-refractivity contribution in [3.8, 4) is 11.1 Å². The molecule has 7 nitrogen and oxygen atoms in total. The predicted molar refractivity (Wildman–Crippen MR) is 156 cm³/mol. The number of fused-ring (bicyclic) bond motifs is 1. The molecule has 4 rings (SSSR count). The van der Waals surface area contributed by atoms with Crippen LogP contribution in [0.1, 0.15) is 50.3 Å². The Balaban J connectivity index is 1.52. The van der Waals surface area contributed by atoms with Crippen LogP contribution in [0.15, 0.2) is 72.8 Å². The standard InChI is InChI=1S/C32H40N4O3/c1-22(37)20-34-32(2,3)18-30(38)35-28-17-16-25-8-5-7-11-29(25)36(31(28)39)21-23-12-14-24(15-13-23)27-10-6-4-9-26(27)19-33/h4-15,22,28,34,37H,16-21,33H2,1-3H3,(H,35,38)/t22-,28-/m1/s1. The summed E-state index contributed by atoms with van der Waals surface area (Å²) in [7, 11) is 0. The van der Waals surface area contributed by atoms with E-state index in [9.17, 15) is 14.7 Å². The van der Waals surface area contributed by atoms with Crippen LogP contribution in [0.2, 0.25) is 0 Å². The second-order valence-corrected chi connectivity index (χ2v) is 11.1. The van der Waals surface area contributed by atoms with E-state index in [2.05, 4.69) is 34.9 Å². The van der Waals surface area contributed by atoms with Crippen molar-refractivity contribution in [1.29, 1.82) is 0 Å². The van der Waals surface area contributed by atoms with Crippen molar-refractivity contribution in [1.82, 2.24) is 10.6 Å². The van der Waals surface area contributed by atoms with Crippen molar-refractivity contribution in [2.75, 3.05) is 11.4 Å². The van der Waals surface area contributed by atoms with Crippen LogP contribution in [0.25, 0.3) is 11.1 Å². The molecule has 0 fully saturated rings. The molecule has 0 saturated carbocycles. The van der Waals surface area contributed by atoms with Gasteiger partial charge in [-0.3, -0.25) is 9.59 Å². The van der Waals surface area contributed by atoms with Gasteiger partial charge in [0.25, 0.3) is 0 Å². The zero-order valence-electron chi connectivity index (χ0n) is 23.1. The number of aliphatic hydroxyl groups is 1. The Morgan fingerprint density at radius 3 is 2.49 bits per heavy atom. The lowest BCUT2D eigenvalue weighted by atomic mass is 9.98. The number of amides is 2. The zero-order valence-corrected chi connectivity index (χ0v) is 23.1. The third-order valence-electron chi connectivity index (χ3n) is 7.21. The van der Waals surface area contributed by atoms with Crippen LogP contribution in [0.5, 0.6) is 0 Å². The molecule has 0 aliphatic carbocycles. The average Bonchev–Trinajstić information content (AvgIpc) is 3.04. The van der Waals surface area contributed by atoms with Crippen molar-refractivity contribution in [3.05, 3.63) is 89.5 Å². The van der Waals surface area contributed by atoms with Gasteiger partial charge in [0.1, 0.15) is 6.04 Å². The van der Waals surface area contributed by atoms with Gasteiger partial charge in [-0.25, -0.2) is 0 Å². The maximum Gasteiger partial charge on any atom is 0.249 e. The van der Waals surface area contributed by atoms with Crippen LogP contribution >= 0.6 is 0 Å². The minimum atomic E-state index is -0.617. The lowest BCUT2D eigenvalue weighted by molar-refractivity contribution is -0.128. The highest BCUT2D eigenvalue weighted by Gasteiger charge is 2.32. The molecule has 1 aliphatic heterocycles. The van der Waals surface area contributed by atoms with E-state index < -0.39 is 17.7 Å². The molecule has 1 aliphatic rings. The molecule has 7 heteroatoms. The van der Waals surface area contributed by atoms with Crippen molar-refractivity contribution >= 4 is 17.5 Å². The molecule has 2 atom stereocenters. The largest absolute Gasteiger partial charge is 0.392 e. The molecule has 0 unspecified atom stereocenters. The smallest absolute Gasteiger partial charge is 0.249 e. The predicted octanol–water partition coefficient (Wildman–Crippen LogP) is 3.92. The van der Waals surface area contributed by atoms with E-state index in [1.165, 1.54) is 0 Å². The number of aryl methyl sites for hydroxylation is 1. The first kappa shape index (κ1) is 28.5. The van der Waals surface area contributed by atoms with Gasteiger partial charge in [0.15, 0.2) is 0 Å². The number of anilines is 1. The molecule has 1 heterocycles. The van der Waals surface area contributed by atoms with E-state index in [0.29, 0.717) is 32.5 Å². The lowest BCUT2D eigenvalue weighted by Crippen LogP contribution is -2.51. The summed E-state index contributed by atoms with van der Waals surface area (Å²) in [6, 6.07) is 23.7. The fourth-order valence-corrected chi connectivity index (χ4v) is 5.10. The average molecular weight is 529 g/mol. The Bertz CT molecular complexity index is 1290. The van der Waals surface area contributed by atoms with Crippen LogP contribution in [-0.2, 0) is 29.1 Å². The van der Waals surface area contributed by atoms with Gasteiger partial charge in [0.05, 0.1) is 12.6 Å². The third kappa shape index (κ3) is 7.32. The van der Waals surface area contributed by atoms with E-state index in [1.807, 2.05) is 62.4 Å². The zero-order chi connectivity index (χ0) is 28.0. The van der Waals surface area contributed by atoms with Gasteiger partial charge in [0.2, 0.25) is 11.8 Å². The fraction of sp³-hybridized carbons (Fsp3) is 0.375. The van der Waals surface area contributed by atoms with Gasteiger partial charge >= 0.3 is 0 Å². The van der Waals surface area contributed by atoms with Crippen molar-refractivity contribution in [2.24, 2.45) is 5.73 Å². The van der Waals surface area contributed by atoms with E-state index in [-0.39, 0.29) is 18.2 Å². The molecular formula is C32H40N4O3. The molecule has 0 radical (unpaired) electrons. The Labute approximate surface area is 231 Å². The molecule has 0 spiro atoms. The highest BCUT2D eigenvalue weighted by atomic mass is 16.3. The number of nitrogens with zero attached hydrogens (tertiary/aromatic N) is 1. The van der Waals surface area contributed by atoms with Gasteiger partial charge in [-0.15, -0.1) is 0 Å². The number of nitrogens with two attached hydrogens (primary N) is 1. The summed E-state index contributed by atoms with van der Waals surface area (Å²) >= 11 is 0. The van der Waals surface area contributed by atoms with Gasteiger partial charge in [-0.1, -0.05) is 66.7 Å². The number of rotatable bonds is 10. The molecule has 206 valence electrons. The van der Waals surface area contributed by atoms with Crippen molar-refractivity contribution in [3.63, 3.8) is 0 Å². The topological polar surface area (TPSA) is 108 Å². The summed E-state index contributed by atoms with van der Waals surface area (Å²) in [5, 5.41) is 15.8. The number of β-amino-alcohol motifs (C(OH)–C–C–N with tert-alkyl or cyclic N) is 1. The summed E-state index contributed by atoms with van der Waals surface area (Å²) in [4.78, 5) is 28.6. The van der Waals surface area contributed by atoms with Crippen LogP contribution in [-0.4, -0.2) is 41.2 Å². The fourth-order valence-electron chi connectivity index (χ4n) is 5.10. The van der Waals surface area contributed by atoms with E-state index >= 15 is 0 Å². The van der Waals surface area contributed by atoms with Gasteiger partial charge in [-0.05, 0) is 67.5 Å². The molecule has 39 heavy (non-hydrogen) atoms. The molecule has 3 aromatic carbocycles. The molecule has 5 N–H and O–H groups in total. The molecule has 0 aromatic heterocycles. The first-order chi connectivity index (χ1) is 18.7. The Morgan fingerprint density at radius 2 is 1.77 bits per heavy atom. The Hall–Kier alpha value is -3.52. The Kier molecular flexibility index (Phi) is 9.17. The SMILES string of the molecule is C[C@@H](O)CNC(C)(C)CC(=O)N[C@@H]1CCc2ccccc2N(Cc2ccc(-c3ccccc3CN)cc2)C1=O. The molecular weight excluding hydrogens is 488 g/mol. The molecule has 0 bridgehead atoms. The molecule has 2 amide bonds. The maximum atomic E-state index is 13.8. The highest BCUT2D eigenvalue weighted by Crippen LogP contribution is 2.30. The minimum absolute atomic E-state index is 0.111. The first-order valence-corrected chi connectivity index (χ1v) is 13.7. The highest BCUT2D eigenvalue weighted by molar-refractivity contribution is 6.00. The number of para-hydroxylation sites is 1. The van der Waals surface area contributed by atoms with Crippen LogP contribution < -0.4 is 21.3 Å².